The molecule has 2 amide bonds. The van der Waals surface area contributed by atoms with Gasteiger partial charge in [-0.3, -0.25) is 14.5 Å². The number of hydrogen-bond donors (Lipinski definition) is 3. The Morgan fingerprint density at radius 2 is 1.70 bits per heavy atom. The van der Waals surface area contributed by atoms with Crippen LogP contribution in [0.4, 0.5) is 0 Å². The number of primary amides is 1. The third kappa shape index (κ3) is 19.0. The first kappa shape index (κ1) is 40.1. The molecule has 2 aromatic rings. The molecule has 3 rings (SSSR count). The Labute approximate surface area is 262 Å². The Bertz CT molecular complexity index is 1050. The van der Waals surface area contributed by atoms with Crippen LogP contribution in [0.2, 0.25) is 0 Å². The fraction of sp³-hybridized carbons (Fsp3) is 0.606. The van der Waals surface area contributed by atoms with Crippen LogP contribution in [-0.2, 0) is 25.7 Å². The average Bonchev–Trinajstić information content (AvgIpc) is 3.60. The van der Waals surface area contributed by atoms with Crippen molar-refractivity contribution >= 4 is 35.7 Å². The number of nitrogens with zero attached hydrogens (tertiary/aromatic N) is 2. The number of aldehydes is 2. The molecule has 0 spiro atoms. The molecule has 4 N–H and O–H groups in total. The minimum atomic E-state index is -0.220. The van der Waals surface area contributed by atoms with Crippen molar-refractivity contribution in [3.8, 4) is 10.4 Å². The van der Waals surface area contributed by atoms with E-state index in [1.807, 2.05) is 40.3 Å². The number of likely N-dealkylation sites (N-methyl/N-ethyl adjacent to an activating group) is 1. The van der Waals surface area contributed by atoms with Crippen molar-refractivity contribution in [2.24, 2.45) is 11.1 Å². The number of aromatic nitrogens is 1. The van der Waals surface area contributed by atoms with Gasteiger partial charge in [0.1, 0.15) is 12.6 Å². The topological polar surface area (TPSA) is 143 Å². The van der Waals surface area contributed by atoms with Crippen molar-refractivity contribution in [1.82, 2.24) is 15.2 Å². The average molecular weight is 619 g/mol. The van der Waals surface area contributed by atoms with Crippen LogP contribution in [0.3, 0.4) is 0 Å². The van der Waals surface area contributed by atoms with Gasteiger partial charge in [-0.05, 0) is 62.7 Å². The standard InChI is InChI=1S/C17H21N3OS.C9H17NO2.C6H12O.CH4O/c1-12-16(22-11-19-12)14-7-5-13(6-8-14)10-18-17(21)15-4-3-9-20(15)2;10-9(12)7-5-3-1-2-4-6-8-11;1-6(2,3)4-5-7;1-2/h5-8,11,15H,3-4,9-10H2,1-2H3,(H,18,21);8H,1-7H2,(H2,10,12);5H,4H2,1-3H3;2H,1H3. The van der Waals surface area contributed by atoms with Gasteiger partial charge in [0, 0.05) is 32.9 Å². The molecule has 0 radical (unpaired) electrons. The van der Waals surface area contributed by atoms with Crippen LogP contribution >= 0.6 is 11.3 Å². The van der Waals surface area contributed by atoms with E-state index in [1.54, 1.807) is 11.3 Å². The van der Waals surface area contributed by atoms with Gasteiger partial charge in [-0.25, -0.2) is 4.98 Å². The number of carbonyl (C=O) groups excluding carboxylic acids is 4. The second kappa shape index (κ2) is 23.5. The molecule has 1 saturated heterocycles. The molecule has 1 aliphatic heterocycles. The largest absolute Gasteiger partial charge is 0.400 e. The molecule has 1 aromatic heterocycles. The fourth-order valence-electron chi connectivity index (χ4n) is 4.21. The Morgan fingerprint density at radius 3 is 2.16 bits per heavy atom. The summed E-state index contributed by atoms with van der Waals surface area (Å²) in [5.74, 6) is -0.0785. The summed E-state index contributed by atoms with van der Waals surface area (Å²) >= 11 is 1.66. The van der Waals surface area contributed by atoms with Gasteiger partial charge in [0.2, 0.25) is 11.8 Å². The molecule has 1 unspecified atom stereocenters. The summed E-state index contributed by atoms with van der Waals surface area (Å²) in [6.07, 6.45) is 10.9. The number of carbonyl (C=O) groups is 4. The number of amides is 2. The number of benzene rings is 1. The maximum atomic E-state index is 12.2. The van der Waals surface area contributed by atoms with Crippen LogP contribution < -0.4 is 11.1 Å². The number of thiazole rings is 1. The van der Waals surface area contributed by atoms with Gasteiger partial charge in [0.15, 0.2) is 0 Å². The summed E-state index contributed by atoms with van der Waals surface area (Å²) in [4.78, 5) is 49.8. The molecule has 43 heavy (non-hydrogen) atoms. The molecule has 9 nitrogen and oxygen atoms in total. The predicted octanol–water partition coefficient (Wildman–Crippen LogP) is 5.46. The van der Waals surface area contributed by atoms with Crippen LogP contribution in [0.15, 0.2) is 29.8 Å². The molecular formula is C33H54N4O5S. The van der Waals surface area contributed by atoms with Crippen molar-refractivity contribution in [1.29, 1.82) is 0 Å². The molecule has 1 fully saturated rings. The van der Waals surface area contributed by atoms with E-state index in [4.69, 9.17) is 10.8 Å². The number of aliphatic hydroxyl groups is 1. The van der Waals surface area contributed by atoms with Crippen LogP contribution in [0, 0.1) is 12.3 Å². The van der Waals surface area contributed by atoms with E-state index in [9.17, 15) is 19.2 Å². The number of rotatable bonds is 13. The van der Waals surface area contributed by atoms with E-state index in [2.05, 4.69) is 39.5 Å². The lowest BCUT2D eigenvalue weighted by Crippen LogP contribution is -2.41. The predicted molar refractivity (Wildman–Crippen MR) is 176 cm³/mol. The molecule has 1 atom stereocenters. The first-order chi connectivity index (χ1) is 20.5. The van der Waals surface area contributed by atoms with Crippen LogP contribution in [0.5, 0.6) is 0 Å². The smallest absolute Gasteiger partial charge is 0.237 e. The van der Waals surface area contributed by atoms with E-state index in [-0.39, 0.29) is 23.3 Å². The molecule has 242 valence electrons. The number of aryl methyl sites for hydroxylation is 1. The first-order valence-electron chi connectivity index (χ1n) is 15.1. The summed E-state index contributed by atoms with van der Waals surface area (Å²) in [6.45, 7) is 9.76. The third-order valence-corrected chi connectivity index (χ3v) is 7.67. The van der Waals surface area contributed by atoms with Crippen LogP contribution in [-0.4, -0.2) is 66.1 Å². The van der Waals surface area contributed by atoms with Gasteiger partial charge in [0.25, 0.3) is 0 Å². The molecule has 2 heterocycles. The Morgan fingerprint density at radius 1 is 1.07 bits per heavy atom. The van der Waals surface area contributed by atoms with Gasteiger partial charge in [-0.2, -0.15) is 0 Å². The van der Waals surface area contributed by atoms with E-state index >= 15 is 0 Å². The highest BCUT2D eigenvalue weighted by molar-refractivity contribution is 7.13. The molecular weight excluding hydrogens is 564 g/mol. The molecule has 10 heteroatoms. The van der Waals surface area contributed by atoms with Gasteiger partial charge in [0.05, 0.1) is 22.1 Å². The summed E-state index contributed by atoms with van der Waals surface area (Å²) in [5.41, 5.74) is 10.4. The lowest BCUT2D eigenvalue weighted by molar-refractivity contribution is -0.125. The number of aliphatic hydroxyl groups excluding tert-OH is 1. The maximum absolute atomic E-state index is 12.2. The molecule has 0 bridgehead atoms. The van der Waals surface area contributed by atoms with Crippen LogP contribution in [0.1, 0.15) is 96.2 Å². The number of unbranched alkanes of at least 4 members (excludes halogenated alkanes) is 5. The number of likely N-dealkylation sites (tertiary alicyclic amines) is 1. The molecule has 1 aromatic carbocycles. The Kier molecular flexibility index (Phi) is 21.9. The van der Waals surface area contributed by atoms with Crippen molar-refractivity contribution in [2.75, 3.05) is 20.7 Å². The lowest BCUT2D eigenvalue weighted by Gasteiger charge is -2.18. The zero-order valence-electron chi connectivity index (χ0n) is 27.1. The lowest BCUT2D eigenvalue weighted by atomic mass is 9.93. The first-order valence-corrected chi connectivity index (χ1v) is 15.9. The molecule has 0 saturated carbocycles. The second-order valence-corrected chi connectivity index (χ2v) is 12.5. The highest BCUT2D eigenvalue weighted by atomic mass is 32.1. The van der Waals surface area contributed by atoms with Gasteiger partial charge < -0.3 is 25.7 Å². The van der Waals surface area contributed by atoms with E-state index in [0.717, 1.165) is 82.4 Å². The highest BCUT2D eigenvalue weighted by Crippen LogP contribution is 2.27. The van der Waals surface area contributed by atoms with E-state index in [0.29, 0.717) is 25.8 Å². The van der Waals surface area contributed by atoms with Crippen molar-refractivity contribution < 1.29 is 24.3 Å². The minimum Gasteiger partial charge on any atom is -0.400 e. The van der Waals surface area contributed by atoms with Gasteiger partial charge in [-0.15, -0.1) is 11.3 Å². The van der Waals surface area contributed by atoms with Crippen molar-refractivity contribution in [3.63, 3.8) is 0 Å². The highest BCUT2D eigenvalue weighted by Gasteiger charge is 2.27. The number of nitrogens with two attached hydrogens (primary N) is 1. The Balaban J connectivity index is 0.000000709. The maximum Gasteiger partial charge on any atom is 0.237 e. The van der Waals surface area contributed by atoms with E-state index < -0.39 is 0 Å². The molecule has 1 aliphatic rings. The summed E-state index contributed by atoms with van der Waals surface area (Å²) < 4.78 is 0. The number of nitrogens with one attached hydrogen (secondary N) is 1. The fourth-order valence-corrected chi connectivity index (χ4v) is 5.02. The number of hydrogen-bond acceptors (Lipinski definition) is 8. The van der Waals surface area contributed by atoms with Crippen molar-refractivity contribution in [3.05, 3.63) is 41.0 Å². The zero-order valence-corrected chi connectivity index (χ0v) is 27.9. The summed E-state index contributed by atoms with van der Waals surface area (Å²) in [5, 5.41) is 10.0. The van der Waals surface area contributed by atoms with Crippen LogP contribution in [0.25, 0.3) is 10.4 Å². The zero-order chi connectivity index (χ0) is 32.7. The Hall–Kier alpha value is -2.95. The monoisotopic (exact) mass is 618 g/mol. The van der Waals surface area contributed by atoms with Crippen molar-refractivity contribution in [2.45, 2.75) is 104 Å². The van der Waals surface area contributed by atoms with Gasteiger partial charge >= 0.3 is 0 Å². The quantitative estimate of drug-likeness (QED) is 0.200. The summed E-state index contributed by atoms with van der Waals surface area (Å²) in [7, 11) is 3.02. The normalized spacial score (nSPS) is 14.2. The van der Waals surface area contributed by atoms with E-state index in [1.165, 1.54) is 10.4 Å². The second-order valence-electron chi connectivity index (χ2n) is 11.7. The third-order valence-electron chi connectivity index (χ3n) is 6.69. The molecule has 0 aliphatic carbocycles. The minimum absolute atomic E-state index is 0.0408. The SMILES string of the molecule is CC(C)(C)CC=O.CO.Cc1ncsc1-c1ccc(CNC(=O)C2CCCN2C)cc1.NC(=O)CCCCCCCC=O. The summed E-state index contributed by atoms with van der Waals surface area (Å²) in [6, 6.07) is 8.40. The van der Waals surface area contributed by atoms with Gasteiger partial charge in [-0.1, -0.05) is 64.3 Å².